The van der Waals surface area contributed by atoms with Gasteiger partial charge < -0.3 is 9.84 Å². The molecule has 5 heteroatoms. The number of aliphatic hydroxyl groups excluding tert-OH is 1. The van der Waals surface area contributed by atoms with Crippen molar-refractivity contribution < 1.29 is 14.2 Å². The van der Waals surface area contributed by atoms with Gasteiger partial charge in [-0.25, -0.2) is 9.37 Å². The number of thiazole rings is 1. The molecule has 114 valence electrons. The molecule has 1 aromatic heterocycles. The zero-order valence-corrected chi connectivity index (χ0v) is 13.5. The lowest BCUT2D eigenvalue weighted by Crippen LogP contribution is -2.11. The van der Waals surface area contributed by atoms with Gasteiger partial charge in [0, 0.05) is 16.4 Å². The van der Waals surface area contributed by atoms with Crippen molar-refractivity contribution in [2.24, 2.45) is 0 Å². The quantitative estimate of drug-likeness (QED) is 0.920. The van der Waals surface area contributed by atoms with E-state index in [0.29, 0.717) is 17.9 Å². The lowest BCUT2D eigenvalue weighted by Gasteiger charge is -2.14. The fourth-order valence-corrected chi connectivity index (χ4v) is 2.77. The number of rotatable bonds is 4. The molecule has 0 aliphatic carbocycles. The minimum absolute atomic E-state index is 0.00932. The van der Waals surface area contributed by atoms with Crippen LogP contribution in [0.4, 0.5) is 4.39 Å². The molecule has 21 heavy (non-hydrogen) atoms. The van der Waals surface area contributed by atoms with Crippen LogP contribution in [0.1, 0.15) is 50.1 Å². The molecule has 0 spiro atoms. The van der Waals surface area contributed by atoms with Crippen LogP contribution in [0.15, 0.2) is 23.6 Å². The normalized spacial score (nSPS) is 13.2. The highest BCUT2D eigenvalue weighted by molar-refractivity contribution is 7.09. The van der Waals surface area contributed by atoms with Crippen LogP contribution in [-0.2, 0) is 12.0 Å². The van der Waals surface area contributed by atoms with Crippen LogP contribution < -0.4 is 4.74 Å². The van der Waals surface area contributed by atoms with E-state index in [1.807, 2.05) is 5.38 Å². The third-order valence-electron chi connectivity index (χ3n) is 3.09. The third kappa shape index (κ3) is 4.02. The minimum Gasteiger partial charge on any atom is -0.486 e. The van der Waals surface area contributed by atoms with E-state index < -0.39 is 6.10 Å². The molecule has 1 aromatic carbocycles. The van der Waals surface area contributed by atoms with Gasteiger partial charge in [-0.2, -0.15) is 0 Å². The Hall–Kier alpha value is -1.46. The molecule has 0 amide bonds. The number of halogens is 1. The molecule has 1 heterocycles. The summed E-state index contributed by atoms with van der Waals surface area (Å²) in [5.41, 5.74) is 1.48. The van der Waals surface area contributed by atoms with E-state index in [1.165, 1.54) is 18.2 Å². The highest BCUT2D eigenvalue weighted by Gasteiger charge is 2.18. The molecule has 1 atom stereocenters. The molecular formula is C16H20FNO2S. The van der Waals surface area contributed by atoms with Crippen molar-refractivity contribution in [3.63, 3.8) is 0 Å². The Labute approximate surface area is 128 Å². The monoisotopic (exact) mass is 309 g/mol. The maximum absolute atomic E-state index is 13.2. The van der Waals surface area contributed by atoms with Crippen LogP contribution in [0, 0.1) is 5.82 Å². The largest absolute Gasteiger partial charge is 0.486 e. The van der Waals surface area contributed by atoms with Gasteiger partial charge in [0.15, 0.2) is 0 Å². The Morgan fingerprint density at radius 2 is 2.10 bits per heavy atom. The fourth-order valence-electron chi connectivity index (χ4n) is 1.84. The summed E-state index contributed by atoms with van der Waals surface area (Å²) in [5, 5.41) is 12.6. The first-order valence-corrected chi connectivity index (χ1v) is 7.70. The molecule has 3 nitrogen and oxygen atoms in total. The van der Waals surface area contributed by atoms with Crippen LogP contribution in [-0.4, -0.2) is 10.1 Å². The highest BCUT2D eigenvalue weighted by atomic mass is 32.1. The van der Waals surface area contributed by atoms with Gasteiger partial charge in [-0.15, -0.1) is 11.3 Å². The third-order valence-corrected chi connectivity index (χ3v) is 3.92. The molecule has 0 radical (unpaired) electrons. The van der Waals surface area contributed by atoms with Crippen LogP contribution >= 0.6 is 11.3 Å². The Morgan fingerprint density at radius 1 is 1.38 bits per heavy atom. The van der Waals surface area contributed by atoms with Crippen LogP contribution in [0.2, 0.25) is 0 Å². The number of hydrogen-bond donors (Lipinski definition) is 1. The molecule has 0 unspecified atom stereocenters. The Balaban J connectivity index is 2.12. The predicted octanol–water partition coefficient (Wildman–Crippen LogP) is 4.21. The van der Waals surface area contributed by atoms with Crippen molar-refractivity contribution >= 4 is 11.3 Å². The SMILES string of the molecule is C[C@H](O)c1cc(F)ccc1OCc1nc(C(C)(C)C)cs1. The maximum Gasteiger partial charge on any atom is 0.140 e. The second-order valence-electron chi connectivity index (χ2n) is 6.02. The summed E-state index contributed by atoms with van der Waals surface area (Å²) in [6.07, 6.45) is -0.780. The van der Waals surface area contributed by atoms with Gasteiger partial charge in [0.25, 0.3) is 0 Å². The number of ether oxygens (including phenoxy) is 1. The second kappa shape index (κ2) is 6.12. The minimum atomic E-state index is -0.780. The van der Waals surface area contributed by atoms with Crippen molar-refractivity contribution in [3.05, 3.63) is 45.7 Å². The molecule has 2 rings (SSSR count). The summed E-state index contributed by atoms with van der Waals surface area (Å²) in [6.45, 7) is 8.23. The summed E-state index contributed by atoms with van der Waals surface area (Å²) in [5.74, 6) is 0.0985. The zero-order chi connectivity index (χ0) is 15.6. The van der Waals surface area contributed by atoms with E-state index in [4.69, 9.17) is 4.74 Å². The predicted molar refractivity (Wildman–Crippen MR) is 82.2 cm³/mol. The van der Waals surface area contributed by atoms with Crippen LogP contribution in [0.25, 0.3) is 0 Å². The van der Waals surface area contributed by atoms with Crippen molar-refractivity contribution in [1.82, 2.24) is 4.98 Å². The summed E-state index contributed by atoms with van der Waals surface area (Å²) in [6, 6.07) is 4.15. The lowest BCUT2D eigenvalue weighted by atomic mass is 9.93. The van der Waals surface area contributed by atoms with E-state index in [2.05, 4.69) is 25.8 Å². The maximum atomic E-state index is 13.2. The van der Waals surface area contributed by atoms with Crippen molar-refractivity contribution in [2.45, 2.75) is 45.8 Å². The molecule has 1 N–H and O–H groups in total. The van der Waals surface area contributed by atoms with Gasteiger partial charge in [-0.1, -0.05) is 20.8 Å². The number of nitrogens with zero attached hydrogens (tertiary/aromatic N) is 1. The summed E-state index contributed by atoms with van der Waals surface area (Å²) in [4.78, 5) is 4.55. The summed E-state index contributed by atoms with van der Waals surface area (Å²) < 4.78 is 18.9. The molecule has 0 saturated heterocycles. The van der Waals surface area contributed by atoms with Gasteiger partial charge in [-0.05, 0) is 25.1 Å². The molecule has 0 saturated carbocycles. The van der Waals surface area contributed by atoms with Crippen molar-refractivity contribution in [3.8, 4) is 5.75 Å². The van der Waals surface area contributed by atoms with Gasteiger partial charge in [0.05, 0.1) is 11.8 Å². The standard InChI is InChI=1S/C16H20FNO2S/c1-10(19)12-7-11(17)5-6-13(12)20-8-15-18-14(9-21-15)16(2,3)4/h5-7,9-10,19H,8H2,1-4H3/t10-/m0/s1. The first kappa shape index (κ1) is 15.9. The highest BCUT2D eigenvalue weighted by Crippen LogP contribution is 2.28. The summed E-state index contributed by atoms with van der Waals surface area (Å²) >= 11 is 1.54. The van der Waals surface area contributed by atoms with Gasteiger partial charge in [0.2, 0.25) is 0 Å². The number of hydrogen-bond acceptors (Lipinski definition) is 4. The Morgan fingerprint density at radius 3 is 2.67 bits per heavy atom. The Bertz CT molecular complexity index is 617. The van der Waals surface area contributed by atoms with Gasteiger partial charge >= 0.3 is 0 Å². The smallest absolute Gasteiger partial charge is 0.140 e. The van der Waals surface area contributed by atoms with E-state index in [1.54, 1.807) is 18.3 Å². The van der Waals surface area contributed by atoms with Gasteiger partial charge in [-0.3, -0.25) is 0 Å². The first-order valence-electron chi connectivity index (χ1n) is 6.82. The molecule has 0 bridgehead atoms. The topological polar surface area (TPSA) is 42.4 Å². The summed E-state index contributed by atoms with van der Waals surface area (Å²) in [7, 11) is 0. The Kier molecular flexibility index (Phi) is 4.64. The van der Waals surface area contributed by atoms with E-state index in [0.717, 1.165) is 10.7 Å². The second-order valence-corrected chi connectivity index (χ2v) is 6.97. The number of benzene rings is 1. The van der Waals surface area contributed by atoms with Crippen molar-refractivity contribution in [2.75, 3.05) is 0 Å². The van der Waals surface area contributed by atoms with Crippen LogP contribution in [0.3, 0.4) is 0 Å². The lowest BCUT2D eigenvalue weighted by molar-refractivity contribution is 0.189. The molecule has 0 aliphatic heterocycles. The van der Waals surface area contributed by atoms with E-state index in [9.17, 15) is 9.50 Å². The van der Waals surface area contributed by atoms with E-state index >= 15 is 0 Å². The first-order chi connectivity index (χ1) is 9.77. The molecular weight excluding hydrogens is 289 g/mol. The average molecular weight is 309 g/mol. The van der Waals surface area contributed by atoms with E-state index in [-0.39, 0.29) is 11.2 Å². The fraction of sp³-hybridized carbons (Fsp3) is 0.438. The number of aromatic nitrogens is 1. The van der Waals surface area contributed by atoms with Crippen LogP contribution in [0.5, 0.6) is 5.75 Å². The van der Waals surface area contributed by atoms with Gasteiger partial charge in [0.1, 0.15) is 23.2 Å². The molecule has 2 aromatic rings. The zero-order valence-electron chi connectivity index (χ0n) is 12.7. The molecule has 0 fully saturated rings. The number of aliphatic hydroxyl groups is 1. The molecule has 0 aliphatic rings. The van der Waals surface area contributed by atoms with Crippen molar-refractivity contribution in [1.29, 1.82) is 0 Å². The average Bonchev–Trinajstić information content (AvgIpc) is 2.85.